The van der Waals surface area contributed by atoms with Crippen LogP contribution in [0.2, 0.25) is 0 Å². The summed E-state index contributed by atoms with van der Waals surface area (Å²) in [5.41, 5.74) is 3.15. The molecule has 2 aromatic carbocycles. The highest BCUT2D eigenvalue weighted by Crippen LogP contribution is 2.63. The molecular weight excluding hydrogens is 500 g/mol. The van der Waals surface area contributed by atoms with E-state index in [4.69, 9.17) is 9.47 Å². The third kappa shape index (κ3) is 4.37. The molecule has 6 nitrogen and oxygen atoms in total. The van der Waals surface area contributed by atoms with Crippen molar-refractivity contribution in [2.24, 2.45) is 11.8 Å². The Kier molecular flexibility index (Phi) is 7.07. The van der Waals surface area contributed by atoms with E-state index in [0.29, 0.717) is 30.2 Å². The van der Waals surface area contributed by atoms with Crippen LogP contribution in [0.4, 0.5) is 0 Å². The monoisotopic (exact) mass is 540 g/mol. The predicted octanol–water partition coefficient (Wildman–Crippen LogP) is 5.40. The van der Waals surface area contributed by atoms with E-state index in [2.05, 4.69) is 30.2 Å². The van der Waals surface area contributed by atoms with Crippen molar-refractivity contribution < 1.29 is 19.1 Å². The number of nitrogens with zero attached hydrogens (tertiary/aromatic N) is 2. The number of benzene rings is 2. The van der Waals surface area contributed by atoms with E-state index < -0.39 is 0 Å². The molecule has 0 radical (unpaired) electrons. The third-order valence-electron chi connectivity index (χ3n) is 9.48. The summed E-state index contributed by atoms with van der Waals surface area (Å²) in [6, 6.07) is 14.1. The molecule has 5 atom stereocenters. The first-order valence-corrected chi connectivity index (χ1v) is 14.7. The van der Waals surface area contributed by atoms with Crippen LogP contribution in [0.3, 0.4) is 0 Å². The molecule has 2 aliphatic heterocycles. The van der Waals surface area contributed by atoms with Crippen LogP contribution in [-0.4, -0.2) is 59.5 Å². The van der Waals surface area contributed by atoms with Gasteiger partial charge in [-0.25, -0.2) is 0 Å². The average Bonchev–Trinajstić information content (AvgIpc) is 3.27. The third-order valence-corrected chi connectivity index (χ3v) is 9.48. The van der Waals surface area contributed by atoms with Gasteiger partial charge >= 0.3 is 5.97 Å². The maximum absolute atomic E-state index is 13.9. The normalized spacial score (nSPS) is 28.2. The molecule has 2 aliphatic carbocycles. The van der Waals surface area contributed by atoms with Gasteiger partial charge in [0.05, 0.1) is 6.04 Å². The minimum atomic E-state index is -0.306. The molecule has 210 valence electrons. The van der Waals surface area contributed by atoms with Crippen LogP contribution in [0, 0.1) is 11.8 Å². The number of carbonyl (C=O) groups is 2. The Labute approximate surface area is 237 Å². The van der Waals surface area contributed by atoms with Crippen LogP contribution in [0.1, 0.15) is 56.7 Å². The van der Waals surface area contributed by atoms with E-state index in [0.717, 1.165) is 55.6 Å². The average molecular weight is 541 g/mol. The van der Waals surface area contributed by atoms with Gasteiger partial charge in [-0.1, -0.05) is 50.3 Å². The zero-order valence-corrected chi connectivity index (χ0v) is 23.8. The number of amides is 1. The number of rotatable bonds is 8. The lowest BCUT2D eigenvalue weighted by Crippen LogP contribution is -2.69. The lowest BCUT2D eigenvalue weighted by atomic mass is 9.50. The summed E-state index contributed by atoms with van der Waals surface area (Å²) in [7, 11) is 0. The van der Waals surface area contributed by atoms with Crippen LogP contribution >= 0.6 is 0 Å². The van der Waals surface area contributed by atoms with Gasteiger partial charge in [-0.05, 0) is 67.8 Å². The van der Waals surface area contributed by atoms with E-state index in [1.54, 1.807) is 6.08 Å². The molecule has 0 aromatic heterocycles. The maximum Gasteiger partial charge on any atom is 0.308 e. The predicted molar refractivity (Wildman–Crippen MR) is 156 cm³/mol. The van der Waals surface area contributed by atoms with Crippen LogP contribution in [0.25, 0.3) is 6.08 Å². The molecule has 1 amide bonds. The van der Waals surface area contributed by atoms with Gasteiger partial charge in [0.15, 0.2) is 0 Å². The van der Waals surface area contributed by atoms with Crippen molar-refractivity contribution in [3.63, 3.8) is 0 Å². The first-order chi connectivity index (χ1) is 19.3. The second kappa shape index (κ2) is 10.5. The molecule has 6 rings (SSSR count). The molecule has 0 N–H and O–H groups in total. The molecule has 2 fully saturated rings. The smallest absolute Gasteiger partial charge is 0.308 e. The van der Waals surface area contributed by atoms with Gasteiger partial charge in [0.1, 0.15) is 17.6 Å². The minimum absolute atomic E-state index is 0.0336. The number of esters is 1. The van der Waals surface area contributed by atoms with Crippen molar-refractivity contribution >= 4 is 18.0 Å². The molecule has 40 heavy (non-hydrogen) atoms. The Morgan fingerprint density at radius 3 is 2.73 bits per heavy atom. The topological polar surface area (TPSA) is 59.1 Å². The van der Waals surface area contributed by atoms with Crippen LogP contribution in [-0.2, 0) is 21.4 Å². The lowest BCUT2D eigenvalue weighted by Gasteiger charge is -2.60. The summed E-state index contributed by atoms with van der Waals surface area (Å²) in [5.74, 6) is 2.03. The summed E-state index contributed by atoms with van der Waals surface area (Å²) >= 11 is 0. The largest absolute Gasteiger partial charge is 0.487 e. The highest BCUT2D eigenvalue weighted by molar-refractivity contribution is 5.92. The molecular formula is C34H40N2O4. The fourth-order valence-corrected chi connectivity index (χ4v) is 8.17. The lowest BCUT2D eigenvalue weighted by molar-refractivity contribution is -0.138. The van der Waals surface area contributed by atoms with Gasteiger partial charge < -0.3 is 14.4 Å². The van der Waals surface area contributed by atoms with E-state index in [1.165, 1.54) is 12.5 Å². The van der Waals surface area contributed by atoms with Gasteiger partial charge in [-0.15, -0.1) is 6.58 Å². The Morgan fingerprint density at radius 1 is 1.20 bits per heavy atom. The number of carbonyl (C=O) groups excluding carboxylic acids is 2. The Hall–Kier alpha value is -3.38. The van der Waals surface area contributed by atoms with E-state index in [9.17, 15) is 9.59 Å². The number of ether oxygens (including phenoxy) is 2. The standard InChI is InChI=1S/C34H40N2O4/c1-5-18-35-19-17-34-26-12-13-27(36(21-22(2)3)31(38)16-11-24-9-7-6-8-10-24)33(34)40-30-15-14-29(39-23(4)37)25(32(30)34)20-28(26)35/h5-11,14-16,22,26-28,33H,1,12-13,17-21H2,2-4H3/t26-,27-,28+,33-,34-/m0/s1. The molecule has 2 bridgehead atoms. The van der Waals surface area contributed by atoms with Crippen molar-refractivity contribution in [3.05, 3.63) is 77.9 Å². The second-order valence-corrected chi connectivity index (χ2v) is 12.3. The molecule has 1 spiro atoms. The highest BCUT2D eigenvalue weighted by Gasteiger charge is 2.66. The van der Waals surface area contributed by atoms with Crippen molar-refractivity contribution in [2.45, 2.75) is 70.1 Å². The second-order valence-electron chi connectivity index (χ2n) is 12.3. The van der Waals surface area contributed by atoms with Crippen LogP contribution in [0.5, 0.6) is 11.5 Å². The van der Waals surface area contributed by atoms with Crippen molar-refractivity contribution in [2.75, 3.05) is 19.6 Å². The zero-order valence-electron chi connectivity index (χ0n) is 23.8. The Morgan fingerprint density at radius 2 is 2.00 bits per heavy atom. The minimum Gasteiger partial charge on any atom is -0.487 e. The first kappa shape index (κ1) is 26.8. The molecule has 2 heterocycles. The van der Waals surface area contributed by atoms with E-state index >= 15 is 0 Å². The molecule has 2 aromatic rings. The zero-order chi connectivity index (χ0) is 28.0. The van der Waals surface area contributed by atoms with Crippen molar-refractivity contribution in [1.29, 1.82) is 0 Å². The maximum atomic E-state index is 13.9. The Balaban J connectivity index is 1.41. The number of hydrogen-bond donors (Lipinski definition) is 0. The summed E-state index contributed by atoms with van der Waals surface area (Å²) in [5, 5.41) is 0. The highest BCUT2D eigenvalue weighted by atomic mass is 16.5. The van der Waals surface area contributed by atoms with Gasteiger partial charge in [-0.2, -0.15) is 0 Å². The summed E-state index contributed by atoms with van der Waals surface area (Å²) in [6.45, 7) is 12.3. The summed E-state index contributed by atoms with van der Waals surface area (Å²) in [6.07, 6.45) is 9.23. The van der Waals surface area contributed by atoms with Gasteiger partial charge in [-0.3, -0.25) is 14.5 Å². The fourth-order valence-electron chi connectivity index (χ4n) is 8.17. The fraction of sp³-hybridized carbons (Fsp3) is 0.471. The van der Waals surface area contributed by atoms with Gasteiger partial charge in [0.25, 0.3) is 0 Å². The number of piperidine rings is 1. The van der Waals surface area contributed by atoms with E-state index in [-0.39, 0.29) is 29.4 Å². The number of hydrogen-bond acceptors (Lipinski definition) is 5. The van der Waals surface area contributed by atoms with Gasteiger partial charge in [0.2, 0.25) is 5.91 Å². The molecule has 4 aliphatic rings. The van der Waals surface area contributed by atoms with Crippen LogP contribution in [0.15, 0.2) is 61.2 Å². The quantitative estimate of drug-likeness (QED) is 0.194. The van der Waals surface area contributed by atoms with Gasteiger partial charge in [0, 0.05) is 48.7 Å². The first-order valence-electron chi connectivity index (χ1n) is 14.7. The molecule has 1 saturated heterocycles. The van der Waals surface area contributed by atoms with E-state index in [1.807, 2.05) is 54.6 Å². The SMILES string of the molecule is C=CCN1CC[C@@]23c4c5ccc(OC(C)=O)c4C[C@@H]1[C@@H]2CC[C@H](N(CC(C)C)C(=O)C=Cc1ccccc1)[C@@H]3O5. The summed E-state index contributed by atoms with van der Waals surface area (Å²) < 4.78 is 12.7. The molecule has 6 heteroatoms. The van der Waals surface area contributed by atoms with Crippen molar-refractivity contribution in [3.8, 4) is 11.5 Å². The Bertz CT molecular complexity index is 1330. The van der Waals surface area contributed by atoms with Crippen molar-refractivity contribution in [1.82, 2.24) is 9.80 Å². The molecule has 0 unspecified atom stereocenters. The summed E-state index contributed by atoms with van der Waals surface area (Å²) in [4.78, 5) is 30.5. The molecule has 1 saturated carbocycles. The van der Waals surface area contributed by atoms with Crippen LogP contribution < -0.4 is 9.47 Å². The number of likely N-dealkylation sites (tertiary alicyclic amines) is 1.